The Morgan fingerprint density at radius 3 is 2.36 bits per heavy atom. The molecule has 1 fully saturated rings. The van der Waals surface area contributed by atoms with Gasteiger partial charge in [-0.1, -0.05) is 18.2 Å². The lowest BCUT2D eigenvalue weighted by Gasteiger charge is -2.24. The SMILES string of the molecule is O=S(=O)(c1ccc(F)cc1)N1CCC[C@@H]1c1ccccc1F. The van der Waals surface area contributed by atoms with Gasteiger partial charge in [-0.15, -0.1) is 0 Å². The topological polar surface area (TPSA) is 37.4 Å². The highest BCUT2D eigenvalue weighted by atomic mass is 32.2. The third kappa shape index (κ3) is 2.64. The molecule has 22 heavy (non-hydrogen) atoms. The van der Waals surface area contributed by atoms with E-state index in [1.807, 2.05) is 0 Å². The minimum Gasteiger partial charge on any atom is -0.207 e. The average molecular weight is 323 g/mol. The molecule has 3 rings (SSSR count). The summed E-state index contributed by atoms with van der Waals surface area (Å²) in [6, 6.07) is 10.4. The van der Waals surface area contributed by atoms with Crippen molar-refractivity contribution in [3.63, 3.8) is 0 Å². The molecule has 0 aromatic heterocycles. The standard InChI is InChI=1S/C16H15F2NO2S/c17-12-7-9-13(10-8-12)22(20,21)19-11-3-6-16(19)14-4-1-2-5-15(14)18/h1-2,4-5,7-10,16H,3,6,11H2/t16-/m1/s1. The van der Waals surface area contributed by atoms with Gasteiger partial charge in [0.15, 0.2) is 0 Å². The van der Waals surface area contributed by atoms with Gasteiger partial charge >= 0.3 is 0 Å². The van der Waals surface area contributed by atoms with E-state index in [1.165, 1.54) is 22.5 Å². The van der Waals surface area contributed by atoms with Crippen LogP contribution < -0.4 is 0 Å². The molecule has 0 unspecified atom stereocenters. The Bertz CT molecular complexity index is 775. The lowest BCUT2D eigenvalue weighted by Crippen LogP contribution is -2.31. The first-order chi connectivity index (χ1) is 10.5. The Hall–Kier alpha value is -1.79. The van der Waals surface area contributed by atoms with Gasteiger partial charge in [0.25, 0.3) is 0 Å². The zero-order valence-corrected chi connectivity index (χ0v) is 12.6. The predicted molar refractivity (Wildman–Crippen MR) is 78.7 cm³/mol. The molecule has 1 saturated heterocycles. The van der Waals surface area contributed by atoms with E-state index < -0.39 is 27.7 Å². The van der Waals surface area contributed by atoms with Crippen LogP contribution in [0.1, 0.15) is 24.4 Å². The molecular formula is C16H15F2NO2S. The van der Waals surface area contributed by atoms with Crippen molar-refractivity contribution in [3.05, 3.63) is 65.7 Å². The predicted octanol–water partition coefficient (Wildman–Crippen LogP) is 3.49. The summed E-state index contributed by atoms with van der Waals surface area (Å²) in [4.78, 5) is 0.0251. The van der Waals surface area contributed by atoms with Gasteiger partial charge in [0.1, 0.15) is 11.6 Å². The molecule has 0 spiro atoms. The molecule has 3 nitrogen and oxygen atoms in total. The molecule has 6 heteroatoms. The van der Waals surface area contributed by atoms with Gasteiger partial charge in [0, 0.05) is 12.1 Å². The number of hydrogen-bond acceptors (Lipinski definition) is 2. The fourth-order valence-electron chi connectivity index (χ4n) is 2.83. The summed E-state index contributed by atoms with van der Waals surface area (Å²) < 4.78 is 53.7. The Morgan fingerprint density at radius 1 is 1.00 bits per heavy atom. The van der Waals surface area contributed by atoms with Crippen LogP contribution in [0.25, 0.3) is 0 Å². The molecule has 0 amide bonds. The zero-order valence-electron chi connectivity index (χ0n) is 11.7. The summed E-state index contributed by atoms with van der Waals surface area (Å²) in [5, 5.41) is 0. The van der Waals surface area contributed by atoms with Crippen molar-refractivity contribution in [2.24, 2.45) is 0 Å². The maximum atomic E-state index is 14.0. The van der Waals surface area contributed by atoms with Gasteiger partial charge < -0.3 is 0 Å². The number of benzene rings is 2. The van der Waals surface area contributed by atoms with Crippen LogP contribution in [-0.4, -0.2) is 19.3 Å². The summed E-state index contributed by atoms with van der Waals surface area (Å²) in [7, 11) is -3.77. The van der Waals surface area contributed by atoms with Crippen LogP contribution in [0, 0.1) is 11.6 Å². The van der Waals surface area contributed by atoms with Crippen molar-refractivity contribution >= 4 is 10.0 Å². The van der Waals surface area contributed by atoms with E-state index in [0.29, 0.717) is 24.9 Å². The second-order valence-electron chi connectivity index (χ2n) is 5.25. The van der Waals surface area contributed by atoms with Crippen molar-refractivity contribution < 1.29 is 17.2 Å². The summed E-state index contributed by atoms with van der Waals surface area (Å²) in [5.41, 5.74) is 0.380. The first-order valence-corrected chi connectivity index (χ1v) is 8.46. The monoisotopic (exact) mass is 323 g/mol. The van der Waals surface area contributed by atoms with E-state index in [0.717, 1.165) is 12.1 Å². The van der Waals surface area contributed by atoms with Gasteiger partial charge in [0.05, 0.1) is 10.9 Å². The third-order valence-electron chi connectivity index (χ3n) is 3.89. The number of nitrogens with zero attached hydrogens (tertiary/aromatic N) is 1. The molecule has 0 bridgehead atoms. The normalized spacial score (nSPS) is 19.5. The van der Waals surface area contributed by atoms with E-state index in [-0.39, 0.29) is 4.90 Å². The van der Waals surface area contributed by atoms with Gasteiger partial charge in [-0.25, -0.2) is 17.2 Å². The van der Waals surface area contributed by atoms with E-state index >= 15 is 0 Å². The molecule has 1 aliphatic heterocycles. The van der Waals surface area contributed by atoms with Crippen molar-refractivity contribution in [3.8, 4) is 0 Å². The maximum Gasteiger partial charge on any atom is 0.243 e. The Labute approximate surface area is 128 Å². The zero-order chi connectivity index (χ0) is 15.7. The van der Waals surface area contributed by atoms with E-state index in [2.05, 4.69) is 0 Å². The van der Waals surface area contributed by atoms with Crippen molar-refractivity contribution in [1.82, 2.24) is 4.31 Å². The lowest BCUT2D eigenvalue weighted by atomic mass is 10.1. The minimum absolute atomic E-state index is 0.0251. The first kappa shape index (κ1) is 15.1. The minimum atomic E-state index is -3.77. The molecule has 1 aliphatic rings. The molecule has 0 radical (unpaired) electrons. The summed E-state index contributed by atoms with van der Waals surface area (Å²) in [6.07, 6.45) is 1.24. The van der Waals surface area contributed by atoms with Crippen molar-refractivity contribution in [1.29, 1.82) is 0 Å². The Morgan fingerprint density at radius 2 is 1.68 bits per heavy atom. The molecule has 0 aliphatic carbocycles. The van der Waals surface area contributed by atoms with Crippen LogP contribution >= 0.6 is 0 Å². The fraction of sp³-hybridized carbons (Fsp3) is 0.250. The van der Waals surface area contributed by atoms with Crippen LogP contribution in [0.4, 0.5) is 8.78 Å². The number of rotatable bonds is 3. The van der Waals surface area contributed by atoms with E-state index in [1.54, 1.807) is 18.2 Å². The maximum absolute atomic E-state index is 14.0. The molecule has 0 saturated carbocycles. The van der Waals surface area contributed by atoms with Gasteiger partial charge in [-0.2, -0.15) is 4.31 Å². The molecular weight excluding hydrogens is 308 g/mol. The smallest absolute Gasteiger partial charge is 0.207 e. The van der Waals surface area contributed by atoms with E-state index in [4.69, 9.17) is 0 Å². The van der Waals surface area contributed by atoms with Gasteiger partial charge in [-0.05, 0) is 43.2 Å². The molecule has 116 valence electrons. The van der Waals surface area contributed by atoms with Crippen molar-refractivity contribution in [2.75, 3.05) is 6.54 Å². The third-order valence-corrected chi connectivity index (χ3v) is 5.81. The number of halogens is 2. The van der Waals surface area contributed by atoms with Gasteiger partial charge in [-0.3, -0.25) is 0 Å². The largest absolute Gasteiger partial charge is 0.243 e. The molecule has 0 N–H and O–H groups in total. The second kappa shape index (κ2) is 5.78. The quantitative estimate of drug-likeness (QED) is 0.867. The second-order valence-corrected chi connectivity index (χ2v) is 7.14. The summed E-state index contributed by atoms with van der Waals surface area (Å²) >= 11 is 0. The highest BCUT2D eigenvalue weighted by molar-refractivity contribution is 7.89. The van der Waals surface area contributed by atoms with Crippen LogP contribution in [0.15, 0.2) is 53.4 Å². The molecule has 2 aromatic carbocycles. The number of hydrogen-bond donors (Lipinski definition) is 0. The summed E-state index contributed by atoms with van der Waals surface area (Å²) in [6.45, 7) is 0.332. The van der Waals surface area contributed by atoms with Crippen molar-refractivity contribution in [2.45, 2.75) is 23.8 Å². The molecule has 1 heterocycles. The van der Waals surface area contributed by atoms with Crippen LogP contribution in [0.5, 0.6) is 0 Å². The van der Waals surface area contributed by atoms with Crippen LogP contribution in [0.2, 0.25) is 0 Å². The molecule has 1 atom stereocenters. The Balaban J connectivity index is 1.99. The highest BCUT2D eigenvalue weighted by Crippen LogP contribution is 2.37. The highest BCUT2D eigenvalue weighted by Gasteiger charge is 2.37. The molecule has 2 aromatic rings. The van der Waals surface area contributed by atoms with Crippen LogP contribution in [-0.2, 0) is 10.0 Å². The Kier molecular flexibility index (Phi) is 3.97. The van der Waals surface area contributed by atoms with Crippen LogP contribution in [0.3, 0.4) is 0 Å². The van der Waals surface area contributed by atoms with E-state index in [9.17, 15) is 17.2 Å². The summed E-state index contributed by atoms with van der Waals surface area (Å²) in [5.74, 6) is -0.903. The number of sulfonamides is 1. The fourth-order valence-corrected chi connectivity index (χ4v) is 4.50. The average Bonchev–Trinajstić information content (AvgIpc) is 2.98. The lowest BCUT2D eigenvalue weighted by molar-refractivity contribution is 0.386. The van der Waals surface area contributed by atoms with Gasteiger partial charge in [0.2, 0.25) is 10.0 Å². The first-order valence-electron chi connectivity index (χ1n) is 7.02.